The highest BCUT2D eigenvalue weighted by molar-refractivity contribution is 6.00. The average molecular weight is 371 g/mol. The largest absolute Gasteiger partial charge is 0.356 e. The Bertz CT molecular complexity index is 914. The SMILES string of the molecule is O=C(CCC(=O)c1ccc2c(c1)CCC(=O)N2)NCCCc1n[nH]c(=O)[nH]1. The predicted molar refractivity (Wildman–Crippen MR) is 97.5 cm³/mol. The van der Waals surface area contributed by atoms with Crippen LogP contribution in [0, 0.1) is 0 Å². The van der Waals surface area contributed by atoms with Gasteiger partial charge in [0.2, 0.25) is 11.8 Å². The van der Waals surface area contributed by atoms with Gasteiger partial charge in [0.15, 0.2) is 5.78 Å². The lowest BCUT2D eigenvalue weighted by molar-refractivity contribution is -0.121. The van der Waals surface area contributed by atoms with Crippen molar-refractivity contribution in [3.63, 3.8) is 0 Å². The van der Waals surface area contributed by atoms with Gasteiger partial charge >= 0.3 is 5.69 Å². The number of aryl methyl sites for hydroxylation is 2. The smallest absolute Gasteiger partial charge is 0.340 e. The number of fused-ring (bicyclic) bond motifs is 1. The molecule has 1 aromatic carbocycles. The second-order valence-corrected chi connectivity index (χ2v) is 6.42. The lowest BCUT2D eigenvalue weighted by Gasteiger charge is -2.17. The van der Waals surface area contributed by atoms with Crippen molar-refractivity contribution in [2.24, 2.45) is 0 Å². The van der Waals surface area contributed by atoms with Crippen LogP contribution < -0.4 is 16.3 Å². The lowest BCUT2D eigenvalue weighted by atomic mass is 9.97. The van der Waals surface area contributed by atoms with E-state index >= 15 is 0 Å². The number of aromatic amines is 2. The first-order valence-corrected chi connectivity index (χ1v) is 8.87. The Labute approximate surface area is 154 Å². The van der Waals surface area contributed by atoms with Gasteiger partial charge in [0, 0.05) is 43.5 Å². The summed E-state index contributed by atoms with van der Waals surface area (Å²) in [6.07, 6.45) is 2.46. The number of aromatic nitrogens is 3. The minimum absolute atomic E-state index is 0.0168. The third-order valence-corrected chi connectivity index (χ3v) is 4.36. The van der Waals surface area contributed by atoms with Gasteiger partial charge in [0.25, 0.3) is 0 Å². The lowest BCUT2D eigenvalue weighted by Crippen LogP contribution is -2.25. The first-order valence-electron chi connectivity index (χ1n) is 8.87. The quantitative estimate of drug-likeness (QED) is 0.400. The average Bonchev–Trinajstić information content (AvgIpc) is 3.08. The summed E-state index contributed by atoms with van der Waals surface area (Å²) in [5, 5.41) is 11.6. The summed E-state index contributed by atoms with van der Waals surface area (Å²) < 4.78 is 0. The molecule has 0 saturated carbocycles. The second-order valence-electron chi connectivity index (χ2n) is 6.42. The summed E-state index contributed by atoms with van der Waals surface area (Å²) >= 11 is 0. The maximum atomic E-state index is 12.3. The van der Waals surface area contributed by atoms with Crippen LogP contribution in [0.5, 0.6) is 0 Å². The van der Waals surface area contributed by atoms with Gasteiger partial charge in [-0.05, 0) is 36.6 Å². The minimum Gasteiger partial charge on any atom is -0.356 e. The first kappa shape index (κ1) is 18.6. The molecule has 2 aromatic rings. The Balaban J connectivity index is 1.40. The van der Waals surface area contributed by atoms with Crippen LogP contribution in [0.3, 0.4) is 0 Å². The van der Waals surface area contributed by atoms with Crippen LogP contribution in [0.15, 0.2) is 23.0 Å². The van der Waals surface area contributed by atoms with Gasteiger partial charge in [-0.25, -0.2) is 9.89 Å². The number of nitrogens with zero attached hydrogens (tertiary/aromatic N) is 1. The Morgan fingerprint density at radius 2 is 2.00 bits per heavy atom. The molecule has 1 aliphatic heterocycles. The zero-order valence-corrected chi connectivity index (χ0v) is 14.8. The third-order valence-electron chi connectivity index (χ3n) is 4.36. The number of hydrogen-bond donors (Lipinski definition) is 4. The number of amides is 2. The van der Waals surface area contributed by atoms with Crippen LogP contribution in [0.25, 0.3) is 0 Å². The fraction of sp³-hybridized carbons (Fsp3) is 0.389. The van der Waals surface area contributed by atoms with E-state index in [1.807, 2.05) is 0 Å². The molecule has 9 nitrogen and oxygen atoms in total. The van der Waals surface area contributed by atoms with E-state index in [1.165, 1.54) is 0 Å². The van der Waals surface area contributed by atoms with Crippen LogP contribution in [0.4, 0.5) is 5.69 Å². The molecular weight excluding hydrogens is 350 g/mol. The van der Waals surface area contributed by atoms with E-state index in [0.717, 1.165) is 11.3 Å². The van der Waals surface area contributed by atoms with Gasteiger partial charge in [0.1, 0.15) is 5.82 Å². The fourth-order valence-electron chi connectivity index (χ4n) is 2.92. The number of nitrogens with one attached hydrogen (secondary N) is 4. The predicted octanol–water partition coefficient (Wildman–Crippen LogP) is 0.695. The molecule has 0 aliphatic carbocycles. The van der Waals surface area contributed by atoms with Gasteiger partial charge in [-0.3, -0.25) is 19.4 Å². The number of H-pyrrole nitrogens is 2. The minimum atomic E-state index is -0.350. The van der Waals surface area contributed by atoms with Gasteiger partial charge in [-0.2, -0.15) is 5.10 Å². The summed E-state index contributed by atoms with van der Waals surface area (Å²) in [4.78, 5) is 49.0. The van der Waals surface area contributed by atoms with Crippen molar-refractivity contribution in [3.8, 4) is 0 Å². The first-order chi connectivity index (χ1) is 13.0. The molecule has 0 radical (unpaired) electrons. The van der Waals surface area contributed by atoms with E-state index < -0.39 is 0 Å². The number of Topliss-reactive ketones (excluding diaryl/α,β-unsaturated/α-hetero) is 1. The zero-order valence-electron chi connectivity index (χ0n) is 14.8. The molecule has 0 unspecified atom stereocenters. The van der Waals surface area contributed by atoms with Crippen molar-refractivity contribution in [1.82, 2.24) is 20.5 Å². The molecule has 9 heteroatoms. The molecule has 0 atom stereocenters. The number of carbonyl (C=O) groups excluding carboxylic acids is 3. The summed E-state index contributed by atoms with van der Waals surface area (Å²) in [7, 11) is 0. The molecular formula is C18H21N5O4. The third kappa shape index (κ3) is 5.13. The number of ketones is 1. The van der Waals surface area contributed by atoms with Crippen LogP contribution in [-0.4, -0.2) is 39.3 Å². The molecule has 0 saturated heterocycles. The number of rotatable bonds is 8. The maximum absolute atomic E-state index is 12.3. The van der Waals surface area contributed by atoms with E-state index in [9.17, 15) is 19.2 Å². The Kier molecular flexibility index (Phi) is 5.80. The highest BCUT2D eigenvalue weighted by atomic mass is 16.2. The molecule has 27 heavy (non-hydrogen) atoms. The van der Waals surface area contributed by atoms with Crippen molar-refractivity contribution < 1.29 is 14.4 Å². The molecule has 2 amide bonds. The normalized spacial score (nSPS) is 13.0. The number of anilines is 1. The molecule has 1 aromatic heterocycles. The maximum Gasteiger partial charge on any atom is 0.340 e. The van der Waals surface area contributed by atoms with Gasteiger partial charge in [-0.1, -0.05) is 0 Å². The molecule has 0 spiro atoms. The molecule has 4 N–H and O–H groups in total. The van der Waals surface area contributed by atoms with Crippen molar-refractivity contribution >= 4 is 23.3 Å². The van der Waals surface area contributed by atoms with Crippen molar-refractivity contribution in [2.75, 3.05) is 11.9 Å². The Morgan fingerprint density at radius 3 is 2.78 bits per heavy atom. The molecule has 2 heterocycles. The molecule has 3 rings (SSSR count). The van der Waals surface area contributed by atoms with Gasteiger partial charge in [-0.15, -0.1) is 0 Å². The summed E-state index contributed by atoms with van der Waals surface area (Å²) in [5.41, 5.74) is 1.90. The Hall–Kier alpha value is -3.23. The number of benzene rings is 1. The van der Waals surface area contributed by atoms with Crippen LogP contribution in [0.2, 0.25) is 0 Å². The summed E-state index contributed by atoms with van der Waals surface area (Å²) in [5.74, 6) is 0.243. The van der Waals surface area contributed by atoms with Crippen molar-refractivity contribution in [1.29, 1.82) is 0 Å². The highest BCUT2D eigenvalue weighted by Gasteiger charge is 2.17. The summed E-state index contributed by atoms with van der Waals surface area (Å²) in [6, 6.07) is 5.20. The highest BCUT2D eigenvalue weighted by Crippen LogP contribution is 2.24. The van der Waals surface area contributed by atoms with E-state index in [1.54, 1.807) is 18.2 Å². The molecule has 142 valence electrons. The van der Waals surface area contributed by atoms with Gasteiger partial charge < -0.3 is 10.6 Å². The zero-order chi connectivity index (χ0) is 19.2. The van der Waals surface area contributed by atoms with Crippen molar-refractivity contribution in [2.45, 2.75) is 38.5 Å². The second kappa shape index (κ2) is 8.43. The van der Waals surface area contributed by atoms with E-state index in [0.29, 0.717) is 43.6 Å². The van der Waals surface area contributed by atoms with Crippen LogP contribution in [-0.2, 0) is 22.4 Å². The number of carbonyl (C=O) groups is 3. The standard InChI is InChI=1S/C18H21N5O4/c24-14(12-3-5-13-11(10-12)4-7-17(26)20-13)6-8-16(25)19-9-1-2-15-21-18(27)23-22-15/h3,5,10H,1-2,4,6-9H2,(H,19,25)(H,20,26)(H2,21,22,23,27). The van der Waals surface area contributed by atoms with Gasteiger partial charge in [0.05, 0.1) is 0 Å². The monoisotopic (exact) mass is 371 g/mol. The topological polar surface area (TPSA) is 137 Å². The van der Waals surface area contributed by atoms with Crippen molar-refractivity contribution in [3.05, 3.63) is 45.6 Å². The summed E-state index contributed by atoms with van der Waals surface area (Å²) in [6.45, 7) is 0.445. The molecule has 0 bridgehead atoms. The van der Waals surface area contributed by atoms with E-state index in [-0.39, 0.29) is 36.1 Å². The van der Waals surface area contributed by atoms with Crippen LogP contribution in [0.1, 0.15) is 47.4 Å². The van der Waals surface area contributed by atoms with Crippen LogP contribution >= 0.6 is 0 Å². The fourth-order valence-corrected chi connectivity index (χ4v) is 2.92. The van der Waals surface area contributed by atoms with E-state index in [2.05, 4.69) is 25.8 Å². The van der Waals surface area contributed by atoms with E-state index in [4.69, 9.17) is 0 Å². The number of hydrogen-bond acceptors (Lipinski definition) is 5. The Morgan fingerprint density at radius 1 is 1.15 bits per heavy atom. The molecule has 0 fully saturated rings. The molecule has 1 aliphatic rings.